The third-order valence-corrected chi connectivity index (χ3v) is 3.08. The molecule has 1 aromatic rings. The van der Waals surface area contributed by atoms with Crippen molar-refractivity contribution in [3.8, 4) is 0 Å². The Morgan fingerprint density at radius 3 is 3.06 bits per heavy atom. The number of aryl methyl sites for hydroxylation is 1. The van der Waals surface area contributed by atoms with Gasteiger partial charge in [-0.15, -0.1) is 6.58 Å². The van der Waals surface area contributed by atoms with Crippen molar-refractivity contribution in [1.29, 1.82) is 0 Å². The van der Waals surface area contributed by atoms with Gasteiger partial charge in [0.05, 0.1) is 5.69 Å². The molecule has 0 aliphatic heterocycles. The van der Waals surface area contributed by atoms with Gasteiger partial charge in [-0.05, 0) is 19.3 Å². The quantitative estimate of drug-likeness (QED) is 0.744. The van der Waals surface area contributed by atoms with E-state index in [1.807, 2.05) is 17.8 Å². The molecule has 2 rings (SSSR count). The molecule has 0 spiro atoms. The Balaban J connectivity index is 2.05. The fraction of sp³-hybridized carbons (Fsp3) is 0.615. The summed E-state index contributed by atoms with van der Waals surface area (Å²) in [4.78, 5) is 0. The van der Waals surface area contributed by atoms with Crippen LogP contribution in [-0.4, -0.2) is 15.8 Å². The zero-order valence-corrected chi connectivity index (χ0v) is 10.2. The van der Waals surface area contributed by atoms with Crippen LogP contribution in [0.2, 0.25) is 0 Å². The molecule has 1 aliphatic rings. The summed E-state index contributed by atoms with van der Waals surface area (Å²) in [6.07, 6.45) is 7.75. The monoisotopic (exact) mass is 219 g/mol. The molecule has 0 saturated heterocycles. The molecule has 0 radical (unpaired) electrons. The van der Waals surface area contributed by atoms with Crippen LogP contribution in [0.4, 0.5) is 0 Å². The molecule has 0 bridgehead atoms. The highest BCUT2D eigenvalue weighted by molar-refractivity contribution is 5.21. The average Bonchev–Trinajstić information content (AvgIpc) is 2.99. The molecule has 0 aromatic carbocycles. The molecule has 3 heteroatoms. The number of allylic oxidation sites excluding steroid dienone is 1. The van der Waals surface area contributed by atoms with Crippen LogP contribution in [0.25, 0.3) is 0 Å². The molecule has 0 amide bonds. The molecule has 1 aromatic heterocycles. The predicted octanol–water partition coefficient (Wildman–Crippen LogP) is 2.35. The van der Waals surface area contributed by atoms with Crippen molar-refractivity contribution in [1.82, 2.24) is 15.1 Å². The van der Waals surface area contributed by atoms with Gasteiger partial charge in [0.2, 0.25) is 0 Å². The topological polar surface area (TPSA) is 29.9 Å². The van der Waals surface area contributed by atoms with Gasteiger partial charge in [0.15, 0.2) is 0 Å². The Morgan fingerprint density at radius 1 is 1.69 bits per heavy atom. The summed E-state index contributed by atoms with van der Waals surface area (Å²) in [5, 5.41) is 8.10. The molecular weight excluding hydrogens is 198 g/mol. The molecule has 1 unspecified atom stereocenters. The van der Waals surface area contributed by atoms with Crippen LogP contribution in [0.5, 0.6) is 0 Å². The third-order valence-electron chi connectivity index (χ3n) is 3.08. The highest BCUT2D eigenvalue weighted by atomic mass is 15.3. The third kappa shape index (κ3) is 2.73. The molecule has 3 nitrogen and oxygen atoms in total. The first-order valence-electron chi connectivity index (χ1n) is 6.07. The molecule has 1 aliphatic carbocycles. The summed E-state index contributed by atoms with van der Waals surface area (Å²) in [6.45, 7) is 6.96. The maximum atomic E-state index is 4.56. The lowest BCUT2D eigenvalue weighted by Gasteiger charge is -2.08. The lowest BCUT2D eigenvalue weighted by atomic mass is 10.0. The highest BCUT2D eigenvalue weighted by Crippen LogP contribution is 2.23. The lowest BCUT2D eigenvalue weighted by molar-refractivity contribution is 0.660. The van der Waals surface area contributed by atoms with Gasteiger partial charge in [-0.1, -0.05) is 13.0 Å². The highest BCUT2D eigenvalue weighted by Gasteiger charge is 2.21. The van der Waals surface area contributed by atoms with Crippen molar-refractivity contribution in [2.24, 2.45) is 7.05 Å². The maximum Gasteiger partial charge on any atom is 0.0700 e. The van der Waals surface area contributed by atoms with E-state index in [1.165, 1.54) is 24.1 Å². The van der Waals surface area contributed by atoms with Crippen LogP contribution in [0.3, 0.4) is 0 Å². The van der Waals surface area contributed by atoms with E-state index >= 15 is 0 Å². The number of hydrogen-bond acceptors (Lipinski definition) is 2. The van der Waals surface area contributed by atoms with E-state index in [0.29, 0.717) is 5.92 Å². The predicted molar refractivity (Wildman–Crippen MR) is 66.3 cm³/mol. The first-order chi connectivity index (χ1) is 7.70. The van der Waals surface area contributed by atoms with Gasteiger partial charge in [-0.25, -0.2) is 0 Å². The summed E-state index contributed by atoms with van der Waals surface area (Å²) in [5.41, 5.74) is 2.55. The normalized spacial score (nSPS) is 17.4. The lowest BCUT2D eigenvalue weighted by Crippen LogP contribution is -2.16. The smallest absolute Gasteiger partial charge is 0.0700 e. The van der Waals surface area contributed by atoms with E-state index in [4.69, 9.17) is 0 Å². The fourth-order valence-electron chi connectivity index (χ4n) is 2.01. The average molecular weight is 219 g/mol. The van der Waals surface area contributed by atoms with Crippen LogP contribution in [0.1, 0.15) is 43.4 Å². The van der Waals surface area contributed by atoms with Gasteiger partial charge in [0, 0.05) is 37.3 Å². The van der Waals surface area contributed by atoms with Crippen LogP contribution in [-0.2, 0) is 13.6 Å². The first kappa shape index (κ1) is 11.4. The van der Waals surface area contributed by atoms with Crippen molar-refractivity contribution in [3.63, 3.8) is 0 Å². The van der Waals surface area contributed by atoms with Gasteiger partial charge in [0.1, 0.15) is 0 Å². The van der Waals surface area contributed by atoms with E-state index in [-0.39, 0.29) is 0 Å². The number of nitrogens with one attached hydrogen (secondary N) is 1. The summed E-state index contributed by atoms with van der Waals surface area (Å²) >= 11 is 0. The minimum Gasteiger partial charge on any atom is -0.310 e. The minimum absolute atomic E-state index is 0.467. The Kier molecular flexibility index (Phi) is 3.44. The summed E-state index contributed by atoms with van der Waals surface area (Å²) in [5.74, 6) is 0.467. The molecule has 1 fully saturated rings. The maximum absolute atomic E-state index is 4.56. The second-order valence-corrected chi connectivity index (χ2v) is 4.79. The molecule has 1 N–H and O–H groups in total. The molecule has 1 saturated carbocycles. The van der Waals surface area contributed by atoms with Crippen molar-refractivity contribution in [3.05, 3.63) is 30.1 Å². The minimum atomic E-state index is 0.467. The van der Waals surface area contributed by atoms with Crippen molar-refractivity contribution in [2.45, 2.75) is 44.7 Å². The molecule has 88 valence electrons. The fourth-order valence-corrected chi connectivity index (χ4v) is 2.01. The summed E-state index contributed by atoms with van der Waals surface area (Å²) in [6, 6.07) is 0.753. The van der Waals surface area contributed by atoms with Gasteiger partial charge in [-0.3, -0.25) is 4.68 Å². The van der Waals surface area contributed by atoms with Gasteiger partial charge < -0.3 is 5.32 Å². The van der Waals surface area contributed by atoms with Gasteiger partial charge in [0.25, 0.3) is 0 Å². The standard InChI is InChI=1S/C13H21N3/c1-4-5-10(2)13-11(9-16(3)15-13)8-14-12-6-7-12/h4,9-10,12,14H,1,5-8H2,2-3H3. The van der Waals surface area contributed by atoms with Crippen molar-refractivity contribution < 1.29 is 0 Å². The Hall–Kier alpha value is -1.09. The summed E-state index contributed by atoms with van der Waals surface area (Å²) < 4.78 is 1.92. The van der Waals surface area contributed by atoms with Crippen LogP contribution in [0.15, 0.2) is 18.9 Å². The van der Waals surface area contributed by atoms with Crippen molar-refractivity contribution >= 4 is 0 Å². The summed E-state index contributed by atoms with van der Waals surface area (Å²) in [7, 11) is 1.99. The van der Waals surface area contributed by atoms with E-state index in [9.17, 15) is 0 Å². The zero-order chi connectivity index (χ0) is 11.5. The van der Waals surface area contributed by atoms with Crippen LogP contribution in [0, 0.1) is 0 Å². The molecule has 1 atom stereocenters. The van der Waals surface area contributed by atoms with E-state index in [1.54, 1.807) is 0 Å². The van der Waals surface area contributed by atoms with Gasteiger partial charge >= 0.3 is 0 Å². The number of rotatable bonds is 6. The Labute approximate surface area is 97.5 Å². The van der Waals surface area contributed by atoms with Crippen LogP contribution >= 0.6 is 0 Å². The van der Waals surface area contributed by atoms with Crippen molar-refractivity contribution in [2.75, 3.05) is 0 Å². The van der Waals surface area contributed by atoms with E-state index in [0.717, 1.165) is 19.0 Å². The van der Waals surface area contributed by atoms with E-state index < -0.39 is 0 Å². The van der Waals surface area contributed by atoms with E-state index in [2.05, 4.69) is 30.1 Å². The Bertz CT molecular complexity index is 363. The SMILES string of the molecule is C=CCC(C)c1nn(C)cc1CNC1CC1. The second kappa shape index (κ2) is 4.83. The number of aromatic nitrogens is 2. The molecule has 16 heavy (non-hydrogen) atoms. The largest absolute Gasteiger partial charge is 0.310 e. The molecule has 1 heterocycles. The molecular formula is C13H21N3. The Morgan fingerprint density at radius 2 is 2.44 bits per heavy atom. The number of hydrogen-bond donors (Lipinski definition) is 1. The second-order valence-electron chi connectivity index (χ2n) is 4.79. The van der Waals surface area contributed by atoms with Gasteiger partial charge in [-0.2, -0.15) is 5.10 Å². The first-order valence-corrected chi connectivity index (χ1v) is 6.07. The van der Waals surface area contributed by atoms with Crippen LogP contribution < -0.4 is 5.32 Å². The number of nitrogens with zero attached hydrogens (tertiary/aromatic N) is 2. The zero-order valence-electron chi connectivity index (χ0n) is 10.2.